The number of hydrogen-bond acceptors (Lipinski definition) is 8. The first-order chi connectivity index (χ1) is 19.3. The van der Waals surface area contributed by atoms with E-state index >= 15 is 0 Å². The average Bonchev–Trinajstić information content (AvgIpc) is 3.67. The van der Waals surface area contributed by atoms with Gasteiger partial charge in [-0.3, -0.25) is 19.6 Å². The van der Waals surface area contributed by atoms with E-state index in [1.165, 1.54) is 43.4 Å². The fourth-order valence-electron chi connectivity index (χ4n) is 4.65. The van der Waals surface area contributed by atoms with Crippen LogP contribution in [0.15, 0.2) is 63.9 Å². The highest BCUT2D eigenvalue weighted by atomic mass is 32.2. The van der Waals surface area contributed by atoms with Gasteiger partial charge in [0, 0.05) is 36.4 Å². The van der Waals surface area contributed by atoms with Crippen LogP contribution in [0.5, 0.6) is 0 Å². The van der Waals surface area contributed by atoms with Crippen molar-refractivity contribution in [3.63, 3.8) is 0 Å². The predicted molar refractivity (Wildman–Crippen MR) is 149 cm³/mol. The number of sulfonamides is 1. The fourth-order valence-corrected chi connectivity index (χ4v) is 6.74. The average molecular weight is 602 g/mol. The zero-order valence-electron chi connectivity index (χ0n) is 21.8. The Morgan fingerprint density at radius 1 is 1.07 bits per heavy atom. The number of hydrogen-bond donors (Lipinski definition) is 2. The largest absolute Gasteiger partial charge is 0.455 e. The Hall–Kier alpha value is -4.30. The van der Waals surface area contributed by atoms with Crippen LogP contribution in [0.3, 0.4) is 0 Å². The van der Waals surface area contributed by atoms with Crippen molar-refractivity contribution in [2.24, 2.45) is 0 Å². The number of fused-ring (bicyclic) bond motifs is 1. The third-order valence-electron chi connectivity index (χ3n) is 6.68. The van der Waals surface area contributed by atoms with E-state index in [0.717, 1.165) is 31.2 Å². The van der Waals surface area contributed by atoms with E-state index in [2.05, 4.69) is 10.0 Å². The molecular weight excluding hydrogens is 577 g/mol. The molecule has 1 aliphatic carbocycles. The minimum Gasteiger partial charge on any atom is -0.455 e. The van der Waals surface area contributed by atoms with E-state index in [1.807, 2.05) is 0 Å². The lowest BCUT2D eigenvalue weighted by Gasteiger charge is -2.13. The molecule has 0 unspecified atom stereocenters. The molecule has 1 heterocycles. The number of halogens is 1. The van der Waals surface area contributed by atoms with E-state index in [0.29, 0.717) is 16.5 Å². The highest BCUT2D eigenvalue weighted by molar-refractivity contribution is 7.92. The molecule has 3 aromatic carbocycles. The smallest absolute Gasteiger partial charge is 0.287 e. The minimum atomic E-state index is -4.14. The maximum absolute atomic E-state index is 13.5. The second kappa shape index (κ2) is 10.3. The molecular formula is C27H24FN3O8S2. The number of carbonyl (C=O) groups excluding carboxylic acids is 1. The van der Waals surface area contributed by atoms with Crippen LogP contribution < -0.4 is 10.0 Å². The Kier molecular flexibility index (Phi) is 7.07. The molecule has 4 aromatic rings. The lowest BCUT2D eigenvalue weighted by Crippen LogP contribution is -2.18. The summed E-state index contributed by atoms with van der Waals surface area (Å²) in [5, 5.41) is 14.3. The topological polar surface area (TPSA) is 166 Å². The number of benzene rings is 3. The first-order valence-electron chi connectivity index (χ1n) is 12.3. The molecule has 0 bridgehead atoms. The van der Waals surface area contributed by atoms with E-state index < -0.39 is 52.8 Å². The van der Waals surface area contributed by atoms with Gasteiger partial charge in [0.05, 0.1) is 21.9 Å². The molecule has 0 aliphatic heterocycles. The highest BCUT2D eigenvalue weighted by Gasteiger charge is 2.31. The second-order valence-electron chi connectivity index (χ2n) is 9.79. The Balaban J connectivity index is 1.56. The number of carbonyl (C=O) groups is 1. The predicted octanol–water partition coefficient (Wildman–Crippen LogP) is 4.73. The number of rotatable bonds is 9. The van der Waals surface area contributed by atoms with Crippen LogP contribution in [0.1, 0.15) is 40.2 Å². The van der Waals surface area contributed by atoms with E-state index in [-0.39, 0.29) is 34.1 Å². The lowest BCUT2D eigenvalue weighted by molar-refractivity contribution is -0.387. The number of nitrogens with zero attached hydrogens (tertiary/aromatic N) is 1. The zero-order valence-corrected chi connectivity index (χ0v) is 23.4. The van der Waals surface area contributed by atoms with Crippen molar-refractivity contribution in [3.8, 4) is 11.3 Å². The molecule has 14 heteroatoms. The molecule has 2 N–H and O–H groups in total. The monoisotopic (exact) mass is 601 g/mol. The van der Waals surface area contributed by atoms with Crippen LogP contribution in [-0.2, 0) is 25.6 Å². The SMILES string of the molecule is CNC(=O)c1c(-c2ccc(F)cc2)oc2cc(NS(=O)(=O)Cc3ccc([N+](=O)[O-])c(S(C)(=O)=O)c3)c(C3CC3)cc12. The summed E-state index contributed by atoms with van der Waals surface area (Å²) < 4.78 is 72.8. The van der Waals surface area contributed by atoms with Gasteiger partial charge in [-0.05, 0) is 66.3 Å². The van der Waals surface area contributed by atoms with Gasteiger partial charge in [-0.1, -0.05) is 6.07 Å². The molecule has 0 atom stereocenters. The molecule has 11 nitrogen and oxygen atoms in total. The van der Waals surface area contributed by atoms with Crippen LogP contribution in [0.25, 0.3) is 22.3 Å². The van der Waals surface area contributed by atoms with Crippen molar-refractivity contribution >= 4 is 48.1 Å². The number of nitro groups is 1. The highest BCUT2D eigenvalue weighted by Crippen LogP contribution is 2.47. The van der Waals surface area contributed by atoms with Gasteiger partial charge < -0.3 is 9.73 Å². The first kappa shape index (κ1) is 28.2. The summed E-state index contributed by atoms with van der Waals surface area (Å²) >= 11 is 0. The first-order valence-corrected chi connectivity index (χ1v) is 15.9. The Bertz CT molecular complexity index is 1930. The number of amides is 1. The van der Waals surface area contributed by atoms with Gasteiger partial charge in [0.15, 0.2) is 9.84 Å². The summed E-state index contributed by atoms with van der Waals surface area (Å²) in [5.41, 5.74) is 1.17. The Morgan fingerprint density at radius 3 is 2.34 bits per heavy atom. The third kappa shape index (κ3) is 5.79. The third-order valence-corrected chi connectivity index (χ3v) is 9.05. The van der Waals surface area contributed by atoms with Gasteiger partial charge >= 0.3 is 0 Å². The Morgan fingerprint density at radius 2 is 1.76 bits per heavy atom. The molecule has 1 saturated carbocycles. The second-order valence-corrected chi connectivity index (χ2v) is 13.5. The van der Waals surface area contributed by atoms with Crippen molar-refractivity contribution in [1.29, 1.82) is 0 Å². The van der Waals surface area contributed by atoms with Crippen molar-refractivity contribution < 1.29 is 35.4 Å². The summed E-state index contributed by atoms with van der Waals surface area (Å²) in [6, 6.07) is 11.7. The minimum absolute atomic E-state index is 0.0371. The summed E-state index contributed by atoms with van der Waals surface area (Å²) in [6.45, 7) is 0. The van der Waals surface area contributed by atoms with E-state index in [4.69, 9.17) is 4.42 Å². The number of anilines is 1. The van der Waals surface area contributed by atoms with Gasteiger partial charge in [0.25, 0.3) is 11.6 Å². The quantitative estimate of drug-likeness (QED) is 0.205. The van der Waals surface area contributed by atoms with Gasteiger partial charge in [-0.15, -0.1) is 0 Å². The summed E-state index contributed by atoms with van der Waals surface area (Å²) in [6.07, 6.45) is 2.41. The number of nitro benzene ring substituents is 1. The summed E-state index contributed by atoms with van der Waals surface area (Å²) in [5.74, 6) is -1.32. The standard InChI is InChI=1S/C27H24FN3O8S2/c1-29-27(32)25-20-12-19(16-4-5-16)21(13-23(20)39-26(25)17-6-8-18(28)9-7-17)30-41(37,38)14-15-3-10-22(31(33)34)24(11-15)40(2,35)36/h3,6-13,16,30H,4-5,14H2,1-2H3,(H,29,32). The van der Waals surface area contributed by atoms with Crippen LogP contribution in [0, 0.1) is 15.9 Å². The maximum Gasteiger partial charge on any atom is 0.287 e. The van der Waals surface area contributed by atoms with Crippen molar-refractivity contribution in [2.75, 3.05) is 18.0 Å². The van der Waals surface area contributed by atoms with Crippen LogP contribution >= 0.6 is 0 Å². The maximum atomic E-state index is 13.5. The molecule has 0 saturated heterocycles. The molecule has 1 aromatic heterocycles. The molecule has 5 rings (SSSR count). The Labute approximate surface area is 234 Å². The van der Waals surface area contributed by atoms with Gasteiger partial charge in [-0.2, -0.15) is 0 Å². The molecule has 0 radical (unpaired) electrons. The van der Waals surface area contributed by atoms with E-state index in [9.17, 15) is 36.1 Å². The van der Waals surface area contributed by atoms with Crippen LogP contribution in [0.2, 0.25) is 0 Å². The summed E-state index contributed by atoms with van der Waals surface area (Å²) in [7, 11) is -6.68. The van der Waals surface area contributed by atoms with E-state index in [1.54, 1.807) is 6.07 Å². The van der Waals surface area contributed by atoms with Crippen LogP contribution in [0.4, 0.5) is 15.8 Å². The number of sulfone groups is 1. The van der Waals surface area contributed by atoms with Gasteiger partial charge in [-0.25, -0.2) is 21.2 Å². The molecule has 1 amide bonds. The molecule has 0 spiro atoms. The molecule has 1 aliphatic rings. The molecule has 1 fully saturated rings. The number of furan rings is 1. The van der Waals surface area contributed by atoms with Crippen LogP contribution in [-0.4, -0.2) is 41.0 Å². The fraction of sp³-hybridized carbons (Fsp3) is 0.222. The normalized spacial score (nSPS) is 13.7. The lowest BCUT2D eigenvalue weighted by atomic mass is 10.0. The van der Waals surface area contributed by atoms with Gasteiger partial charge in [0.1, 0.15) is 22.1 Å². The van der Waals surface area contributed by atoms with Crippen molar-refractivity contribution in [2.45, 2.75) is 29.4 Å². The molecule has 41 heavy (non-hydrogen) atoms. The van der Waals surface area contributed by atoms with Crippen molar-refractivity contribution in [1.82, 2.24) is 5.32 Å². The zero-order chi connectivity index (χ0) is 29.7. The summed E-state index contributed by atoms with van der Waals surface area (Å²) in [4.78, 5) is 22.7. The van der Waals surface area contributed by atoms with Gasteiger partial charge in [0.2, 0.25) is 10.0 Å². The number of nitrogens with one attached hydrogen (secondary N) is 2. The molecule has 214 valence electrons. The van der Waals surface area contributed by atoms with Crippen molar-refractivity contribution in [3.05, 3.63) is 87.2 Å².